The quantitative estimate of drug-likeness (QED) is 0.865. The van der Waals surface area contributed by atoms with E-state index in [4.69, 9.17) is 26.8 Å². The van der Waals surface area contributed by atoms with Crippen molar-refractivity contribution >= 4 is 11.6 Å². The zero-order chi connectivity index (χ0) is 12.1. The van der Waals surface area contributed by atoms with E-state index in [9.17, 15) is 0 Å². The third-order valence-electron chi connectivity index (χ3n) is 2.58. The second-order valence-corrected chi connectivity index (χ2v) is 4.21. The summed E-state index contributed by atoms with van der Waals surface area (Å²) >= 11 is 5.95. The number of rotatable bonds is 5. The van der Waals surface area contributed by atoms with E-state index in [0.717, 1.165) is 17.7 Å². The predicted octanol–water partition coefficient (Wildman–Crippen LogP) is 2.77. The molecule has 0 aliphatic heterocycles. The van der Waals surface area contributed by atoms with Gasteiger partial charge in [0, 0.05) is 23.7 Å². The first-order valence-corrected chi connectivity index (χ1v) is 5.58. The Morgan fingerprint density at radius 1 is 1.38 bits per heavy atom. The average Bonchev–Trinajstić information content (AvgIpc) is 2.28. The molecule has 0 radical (unpaired) electrons. The molecular formula is C12H18ClNO2. The number of halogens is 1. The molecule has 2 N–H and O–H groups in total. The number of benzene rings is 1. The summed E-state index contributed by atoms with van der Waals surface area (Å²) < 4.78 is 10.4. The highest BCUT2D eigenvalue weighted by atomic mass is 35.5. The lowest BCUT2D eigenvalue weighted by molar-refractivity contribution is 0.104. The highest BCUT2D eigenvalue weighted by Gasteiger charge is 2.15. The Kier molecular flexibility index (Phi) is 5.06. The van der Waals surface area contributed by atoms with Crippen LogP contribution in [0.3, 0.4) is 0 Å². The maximum atomic E-state index is 6.10. The molecule has 2 atom stereocenters. The van der Waals surface area contributed by atoms with E-state index in [1.54, 1.807) is 20.3 Å². The smallest absolute Gasteiger partial charge is 0.123 e. The molecule has 0 aromatic heterocycles. The van der Waals surface area contributed by atoms with E-state index in [1.165, 1.54) is 0 Å². The van der Waals surface area contributed by atoms with Gasteiger partial charge in [0.1, 0.15) is 5.75 Å². The van der Waals surface area contributed by atoms with E-state index in [-0.39, 0.29) is 12.1 Å². The molecule has 0 heterocycles. The van der Waals surface area contributed by atoms with Crippen molar-refractivity contribution < 1.29 is 9.47 Å². The van der Waals surface area contributed by atoms with E-state index in [0.29, 0.717) is 5.02 Å². The standard InChI is InChI=1S/C12H18ClNO2/c1-8(15-2)6-11(14)10-7-9(13)4-5-12(10)16-3/h4-5,7-8,11H,6,14H2,1-3H3. The molecule has 0 bridgehead atoms. The van der Waals surface area contributed by atoms with Crippen LogP contribution in [0.5, 0.6) is 5.75 Å². The third-order valence-corrected chi connectivity index (χ3v) is 2.81. The first-order valence-electron chi connectivity index (χ1n) is 5.20. The van der Waals surface area contributed by atoms with Crippen LogP contribution in [0.2, 0.25) is 5.02 Å². The largest absolute Gasteiger partial charge is 0.496 e. The molecule has 0 amide bonds. The Labute approximate surface area is 101 Å². The van der Waals surface area contributed by atoms with Gasteiger partial charge < -0.3 is 15.2 Å². The van der Waals surface area contributed by atoms with Crippen molar-refractivity contribution in [1.82, 2.24) is 0 Å². The number of nitrogens with two attached hydrogens (primary N) is 1. The first-order chi connectivity index (χ1) is 7.58. The van der Waals surface area contributed by atoms with Crippen molar-refractivity contribution in [3.8, 4) is 5.75 Å². The van der Waals surface area contributed by atoms with Crippen LogP contribution in [-0.4, -0.2) is 20.3 Å². The Morgan fingerprint density at radius 3 is 2.62 bits per heavy atom. The van der Waals surface area contributed by atoms with Crippen LogP contribution in [0, 0.1) is 0 Å². The lowest BCUT2D eigenvalue weighted by Gasteiger charge is -2.19. The first kappa shape index (κ1) is 13.3. The fraction of sp³-hybridized carbons (Fsp3) is 0.500. The fourth-order valence-electron chi connectivity index (χ4n) is 1.58. The number of hydrogen-bond donors (Lipinski definition) is 1. The number of methoxy groups -OCH3 is 2. The van der Waals surface area contributed by atoms with Gasteiger partial charge >= 0.3 is 0 Å². The molecule has 90 valence electrons. The Morgan fingerprint density at radius 2 is 2.06 bits per heavy atom. The van der Waals surface area contributed by atoms with Gasteiger partial charge in [-0.3, -0.25) is 0 Å². The molecule has 1 aromatic rings. The van der Waals surface area contributed by atoms with Gasteiger partial charge in [-0.05, 0) is 31.5 Å². The second kappa shape index (κ2) is 6.09. The maximum absolute atomic E-state index is 6.10. The summed E-state index contributed by atoms with van der Waals surface area (Å²) in [5.74, 6) is 0.764. The molecule has 0 aliphatic carbocycles. The van der Waals surface area contributed by atoms with Crippen LogP contribution >= 0.6 is 11.6 Å². The summed E-state index contributed by atoms with van der Waals surface area (Å²) in [6.45, 7) is 1.98. The van der Waals surface area contributed by atoms with Gasteiger partial charge in [0.25, 0.3) is 0 Å². The lowest BCUT2D eigenvalue weighted by atomic mass is 10.0. The van der Waals surface area contributed by atoms with Gasteiger partial charge in [0.2, 0.25) is 0 Å². The molecule has 0 spiro atoms. The SMILES string of the molecule is COc1ccc(Cl)cc1C(N)CC(C)OC. The molecule has 2 unspecified atom stereocenters. The van der Waals surface area contributed by atoms with E-state index in [1.807, 2.05) is 19.1 Å². The summed E-state index contributed by atoms with van der Waals surface area (Å²) in [7, 11) is 3.30. The summed E-state index contributed by atoms with van der Waals surface area (Å²) in [5.41, 5.74) is 7.01. The second-order valence-electron chi connectivity index (χ2n) is 3.77. The molecule has 0 saturated heterocycles. The molecular weight excluding hydrogens is 226 g/mol. The maximum Gasteiger partial charge on any atom is 0.123 e. The van der Waals surface area contributed by atoms with Crippen LogP contribution in [0.4, 0.5) is 0 Å². The highest BCUT2D eigenvalue weighted by Crippen LogP contribution is 2.29. The minimum atomic E-state index is -0.136. The summed E-state index contributed by atoms with van der Waals surface area (Å²) in [6, 6.07) is 5.32. The third kappa shape index (κ3) is 3.37. The van der Waals surface area contributed by atoms with E-state index < -0.39 is 0 Å². The van der Waals surface area contributed by atoms with Crippen molar-refractivity contribution in [3.05, 3.63) is 28.8 Å². The molecule has 1 rings (SSSR count). The minimum absolute atomic E-state index is 0.110. The molecule has 0 fully saturated rings. The summed E-state index contributed by atoms with van der Waals surface area (Å²) in [5, 5.41) is 0.663. The van der Waals surface area contributed by atoms with E-state index in [2.05, 4.69) is 0 Å². The monoisotopic (exact) mass is 243 g/mol. The molecule has 1 aromatic carbocycles. The predicted molar refractivity (Wildman–Crippen MR) is 66.0 cm³/mol. The number of ether oxygens (including phenoxy) is 2. The molecule has 0 saturated carbocycles. The van der Waals surface area contributed by atoms with Gasteiger partial charge in [-0.25, -0.2) is 0 Å². The van der Waals surface area contributed by atoms with Gasteiger partial charge in [-0.2, -0.15) is 0 Å². The van der Waals surface area contributed by atoms with Gasteiger partial charge in [-0.15, -0.1) is 0 Å². The van der Waals surface area contributed by atoms with E-state index >= 15 is 0 Å². The topological polar surface area (TPSA) is 44.5 Å². The molecule has 16 heavy (non-hydrogen) atoms. The summed E-state index contributed by atoms with van der Waals surface area (Å²) in [4.78, 5) is 0. The average molecular weight is 244 g/mol. The Balaban J connectivity index is 2.88. The Bertz CT molecular complexity index is 344. The van der Waals surface area contributed by atoms with Crippen LogP contribution < -0.4 is 10.5 Å². The van der Waals surface area contributed by atoms with Gasteiger partial charge in [0.15, 0.2) is 0 Å². The zero-order valence-electron chi connectivity index (χ0n) is 9.87. The molecule has 3 nitrogen and oxygen atoms in total. The van der Waals surface area contributed by atoms with Crippen LogP contribution in [0.1, 0.15) is 24.9 Å². The van der Waals surface area contributed by atoms with Gasteiger partial charge in [-0.1, -0.05) is 11.6 Å². The van der Waals surface area contributed by atoms with Crippen molar-refractivity contribution in [2.75, 3.05) is 14.2 Å². The fourth-order valence-corrected chi connectivity index (χ4v) is 1.76. The summed E-state index contributed by atoms with van der Waals surface area (Å²) in [6.07, 6.45) is 0.839. The van der Waals surface area contributed by atoms with Crippen molar-refractivity contribution in [2.24, 2.45) is 5.73 Å². The van der Waals surface area contributed by atoms with Gasteiger partial charge in [0.05, 0.1) is 13.2 Å². The number of hydrogen-bond acceptors (Lipinski definition) is 3. The normalized spacial score (nSPS) is 14.6. The minimum Gasteiger partial charge on any atom is -0.496 e. The Hall–Kier alpha value is -0.770. The highest BCUT2D eigenvalue weighted by molar-refractivity contribution is 6.30. The van der Waals surface area contributed by atoms with Crippen LogP contribution in [0.15, 0.2) is 18.2 Å². The zero-order valence-corrected chi connectivity index (χ0v) is 10.6. The van der Waals surface area contributed by atoms with Crippen molar-refractivity contribution in [1.29, 1.82) is 0 Å². The van der Waals surface area contributed by atoms with Crippen LogP contribution in [-0.2, 0) is 4.74 Å². The van der Waals surface area contributed by atoms with Crippen molar-refractivity contribution in [2.45, 2.75) is 25.5 Å². The van der Waals surface area contributed by atoms with Crippen LogP contribution in [0.25, 0.3) is 0 Å². The lowest BCUT2D eigenvalue weighted by Crippen LogP contribution is -2.18. The van der Waals surface area contributed by atoms with Crippen molar-refractivity contribution in [3.63, 3.8) is 0 Å². The molecule has 4 heteroatoms. The molecule has 0 aliphatic rings.